The van der Waals surface area contributed by atoms with Gasteiger partial charge in [0, 0.05) is 26.2 Å². The first-order chi connectivity index (χ1) is 11.2. The number of nitrogens with zero attached hydrogens (tertiary/aromatic N) is 4. The molecular weight excluding hydrogens is 336 g/mol. The Balaban J connectivity index is 1.69. The van der Waals surface area contributed by atoms with Crippen molar-refractivity contribution in [1.29, 1.82) is 0 Å². The summed E-state index contributed by atoms with van der Waals surface area (Å²) in [6.45, 7) is 4.83. The Hall–Kier alpha value is -1.15. The molecule has 0 unspecified atom stereocenters. The van der Waals surface area contributed by atoms with E-state index in [1.807, 2.05) is 0 Å². The molecule has 0 saturated carbocycles. The molecule has 0 spiro atoms. The normalized spacial score (nSPS) is 20.4. The number of fused-ring (bicyclic) bond motifs is 1. The number of morpholine rings is 1. The molecule has 4 heterocycles. The van der Waals surface area contributed by atoms with E-state index in [1.54, 1.807) is 11.3 Å². The lowest BCUT2D eigenvalue weighted by atomic mass is 10.1. The van der Waals surface area contributed by atoms with Gasteiger partial charge >= 0.3 is 0 Å². The number of aliphatic hydroxyl groups excluding tert-OH is 1. The van der Waals surface area contributed by atoms with Gasteiger partial charge in [-0.25, -0.2) is 4.98 Å². The SMILES string of the molecule is OC1CCN(c2cc3nc(Cl)nc(N4CCOCC4)c3s2)CC1. The molecule has 124 valence electrons. The van der Waals surface area contributed by atoms with E-state index in [2.05, 4.69) is 25.8 Å². The predicted octanol–water partition coefficient (Wildman–Crippen LogP) is 2.14. The average Bonchev–Trinajstić information content (AvgIpc) is 2.99. The zero-order chi connectivity index (χ0) is 15.8. The molecule has 0 aromatic carbocycles. The highest BCUT2D eigenvalue weighted by Gasteiger charge is 2.23. The molecule has 2 aliphatic heterocycles. The van der Waals surface area contributed by atoms with Crippen LogP contribution in [0.15, 0.2) is 6.07 Å². The van der Waals surface area contributed by atoms with Crippen LogP contribution in [0.1, 0.15) is 12.8 Å². The van der Waals surface area contributed by atoms with Gasteiger partial charge in [0.15, 0.2) is 5.82 Å². The zero-order valence-electron chi connectivity index (χ0n) is 12.7. The second-order valence-corrected chi connectivity index (χ2v) is 7.30. The number of ether oxygens (including phenoxy) is 1. The van der Waals surface area contributed by atoms with E-state index in [-0.39, 0.29) is 11.4 Å². The topological polar surface area (TPSA) is 61.7 Å². The first kappa shape index (κ1) is 15.4. The lowest BCUT2D eigenvalue weighted by Crippen LogP contribution is -2.36. The third-order valence-corrected chi connectivity index (χ3v) is 5.75. The number of piperidine rings is 1. The van der Waals surface area contributed by atoms with Crippen molar-refractivity contribution in [2.75, 3.05) is 49.2 Å². The summed E-state index contributed by atoms with van der Waals surface area (Å²) in [5.41, 5.74) is 0.901. The molecule has 23 heavy (non-hydrogen) atoms. The van der Waals surface area contributed by atoms with E-state index < -0.39 is 0 Å². The maximum absolute atomic E-state index is 9.68. The third kappa shape index (κ3) is 3.10. The maximum atomic E-state index is 9.68. The van der Waals surface area contributed by atoms with Crippen LogP contribution in [0.2, 0.25) is 5.28 Å². The van der Waals surface area contributed by atoms with Crippen molar-refractivity contribution in [3.63, 3.8) is 0 Å². The lowest BCUT2D eigenvalue weighted by molar-refractivity contribution is 0.122. The Morgan fingerprint density at radius 1 is 1.13 bits per heavy atom. The van der Waals surface area contributed by atoms with E-state index >= 15 is 0 Å². The quantitative estimate of drug-likeness (QED) is 0.834. The summed E-state index contributed by atoms with van der Waals surface area (Å²) in [5, 5.41) is 11.2. The van der Waals surface area contributed by atoms with Crippen LogP contribution in [0.3, 0.4) is 0 Å². The Kier molecular flexibility index (Phi) is 4.27. The molecule has 2 aromatic rings. The van der Waals surface area contributed by atoms with Crippen molar-refractivity contribution in [3.05, 3.63) is 11.3 Å². The minimum Gasteiger partial charge on any atom is -0.393 e. The number of anilines is 2. The lowest BCUT2D eigenvalue weighted by Gasteiger charge is -2.30. The van der Waals surface area contributed by atoms with Gasteiger partial charge < -0.3 is 19.6 Å². The van der Waals surface area contributed by atoms with Gasteiger partial charge in [-0.05, 0) is 30.5 Å². The molecule has 8 heteroatoms. The summed E-state index contributed by atoms with van der Waals surface area (Å²) in [4.78, 5) is 13.4. The molecule has 2 saturated heterocycles. The fraction of sp³-hybridized carbons (Fsp3) is 0.600. The fourth-order valence-electron chi connectivity index (χ4n) is 3.11. The molecule has 0 atom stereocenters. The predicted molar refractivity (Wildman–Crippen MR) is 92.9 cm³/mol. The van der Waals surface area contributed by atoms with Gasteiger partial charge in [0.2, 0.25) is 5.28 Å². The fourth-order valence-corrected chi connectivity index (χ4v) is 4.44. The number of rotatable bonds is 2. The second-order valence-electron chi connectivity index (χ2n) is 5.93. The Morgan fingerprint density at radius 3 is 2.61 bits per heavy atom. The summed E-state index contributed by atoms with van der Waals surface area (Å²) >= 11 is 7.85. The summed E-state index contributed by atoms with van der Waals surface area (Å²) in [7, 11) is 0. The molecule has 0 radical (unpaired) electrons. The minimum atomic E-state index is -0.168. The smallest absolute Gasteiger partial charge is 0.224 e. The third-order valence-electron chi connectivity index (χ3n) is 4.40. The largest absolute Gasteiger partial charge is 0.393 e. The first-order valence-corrected chi connectivity index (χ1v) is 9.13. The van der Waals surface area contributed by atoms with E-state index in [9.17, 15) is 5.11 Å². The van der Waals surface area contributed by atoms with Crippen LogP contribution in [0.25, 0.3) is 10.2 Å². The van der Waals surface area contributed by atoms with Crippen molar-refractivity contribution in [2.45, 2.75) is 18.9 Å². The molecule has 2 fully saturated rings. The van der Waals surface area contributed by atoms with Crippen molar-refractivity contribution in [1.82, 2.24) is 9.97 Å². The molecule has 0 aliphatic carbocycles. The van der Waals surface area contributed by atoms with Crippen LogP contribution in [0, 0.1) is 0 Å². The van der Waals surface area contributed by atoms with Gasteiger partial charge in [0.1, 0.15) is 0 Å². The van der Waals surface area contributed by atoms with Gasteiger partial charge in [0.25, 0.3) is 0 Å². The van der Waals surface area contributed by atoms with Gasteiger partial charge in [-0.2, -0.15) is 4.98 Å². The Bertz CT molecular complexity index is 696. The van der Waals surface area contributed by atoms with Crippen molar-refractivity contribution in [3.8, 4) is 0 Å². The van der Waals surface area contributed by atoms with Crippen LogP contribution in [-0.2, 0) is 4.74 Å². The highest BCUT2D eigenvalue weighted by Crippen LogP contribution is 2.38. The number of hydrogen-bond donors (Lipinski definition) is 1. The standard InChI is InChI=1S/C15H19ClN4O2S/c16-15-17-11-9-12(19-3-1-10(21)2-4-19)23-13(11)14(18-15)20-5-7-22-8-6-20/h9-10,21H,1-8H2. The van der Waals surface area contributed by atoms with Gasteiger partial charge in [0.05, 0.1) is 34.5 Å². The summed E-state index contributed by atoms with van der Waals surface area (Å²) < 4.78 is 6.51. The van der Waals surface area contributed by atoms with E-state index in [4.69, 9.17) is 16.3 Å². The van der Waals surface area contributed by atoms with E-state index in [1.165, 1.54) is 5.00 Å². The number of thiophene rings is 1. The molecule has 1 N–H and O–H groups in total. The van der Waals surface area contributed by atoms with E-state index in [0.717, 1.165) is 55.1 Å². The number of halogens is 1. The van der Waals surface area contributed by atoms with Crippen LogP contribution < -0.4 is 9.80 Å². The van der Waals surface area contributed by atoms with Gasteiger partial charge in [-0.15, -0.1) is 11.3 Å². The molecule has 0 bridgehead atoms. The Labute approximate surface area is 143 Å². The van der Waals surface area contributed by atoms with Crippen molar-refractivity contribution < 1.29 is 9.84 Å². The van der Waals surface area contributed by atoms with Gasteiger partial charge in [-0.3, -0.25) is 0 Å². The molecule has 0 amide bonds. The van der Waals surface area contributed by atoms with Crippen molar-refractivity contribution >= 4 is 44.0 Å². The molecule has 4 rings (SSSR count). The molecule has 6 nitrogen and oxygen atoms in total. The van der Waals surface area contributed by atoms with Gasteiger partial charge in [-0.1, -0.05) is 0 Å². The highest BCUT2D eigenvalue weighted by atomic mass is 35.5. The zero-order valence-corrected chi connectivity index (χ0v) is 14.3. The van der Waals surface area contributed by atoms with Crippen molar-refractivity contribution in [2.24, 2.45) is 0 Å². The second kappa shape index (κ2) is 6.39. The first-order valence-electron chi connectivity index (χ1n) is 7.93. The number of aliphatic hydroxyl groups is 1. The maximum Gasteiger partial charge on any atom is 0.224 e. The van der Waals surface area contributed by atoms with Crippen LogP contribution >= 0.6 is 22.9 Å². The highest BCUT2D eigenvalue weighted by molar-refractivity contribution is 7.23. The van der Waals surface area contributed by atoms with Crippen LogP contribution in [0.4, 0.5) is 10.8 Å². The Morgan fingerprint density at radius 2 is 1.87 bits per heavy atom. The minimum absolute atomic E-state index is 0.168. The molecule has 2 aliphatic rings. The molecular formula is C15H19ClN4O2S. The molecule has 2 aromatic heterocycles. The van der Waals surface area contributed by atoms with Crippen LogP contribution in [-0.4, -0.2) is 60.6 Å². The number of aromatic nitrogens is 2. The summed E-state index contributed by atoms with van der Waals surface area (Å²) in [6, 6.07) is 2.09. The summed E-state index contributed by atoms with van der Waals surface area (Å²) in [5.74, 6) is 0.914. The monoisotopic (exact) mass is 354 g/mol. The van der Waals surface area contributed by atoms with Crippen LogP contribution in [0.5, 0.6) is 0 Å². The average molecular weight is 355 g/mol. The number of hydrogen-bond acceptors (Lipinski definition) is 7. The van der Waals surface area contributed by atoms with E-state index in [0.29, 0.717) is 13.2 Å². The summed E-state index contributed by atoms with van der Waals surface area (Å²) in [6.07, 6.45) is 1.47.